The van der Waals surface area contributed by atoms with E-state index in [1.54, 1.807) is 0 Å². The third-order valence-corrected chi connectivity index (χ3v) is 2.71. The Hall–Kier alpha value is 1.28. The van der Waals surface area contributed by atoms with E-state index in [2.05, 4.69) is 5.32 Å². The monoisotopic (exact) mass is 327 g/mol. The van der Waals surface area contributed by atoms with Gasteiger partial charge < -0.3 is 5.32 Å². The molecule has 13 heavy (non-hydrogen) atoms. The van der Waals surface area contributed by atoms with Crippen molar-refractivity contribution < 1.29 is 39.9 Å². The van der Waals surface area contributed by atoms with Crippen molar-refractivity contribution in [2.75, 3.05) is 13.1 Å². The van der Waals surface area contributed by atoms with E-state index in [4.69, 9.17) is 0 Å². The summed E-state index contributed by atoms with van der Waals surface area (Å²) in [7, 11) is 0. The zero-order chi connectivity index (χ0) is 8.49. The van der Waals surface area contributed by atoms with Gasteiger partial charge in [-0.3, -0.25) is 0 Å². The maximum atomic E-state index is 3.50. The van der Waals surface area contributed by atoms with Gasteiger partial charge in [-0.15, -0.1) is 0 Å². The molecule has 1 heterocycles. The van der Waals surface area contributed by atoms with Gasteiger partial charge in [0.05, 0.1) is 0 Å². The molecule has 1 fully saturated rings. The molecular weight excluding hydrogens is 303 g/mol. The first-order valence-corrected chi connectivity index (χ1v) is 5.71. The van der Waals surface area contributed by atoms with Crippen LogP contribution in [0.5, 0.6) is 0 Å². The van der Waals surface area contributed by atoms with Crippen molar-refractivity contribution in [1.82, 2.24) is 5.32 Å². The molecule has 0 aliphatic carbocycles. The number of rotatable bonds is 0. The summed E-state index contributed by atoms with van der Waals surface area (Å²) in [4.78, 5) is 0. The van der Waals surface area contributed by atoms with Gasteiger partial charge in [-0.1, -0.05) is 44.9 Å². The molecule has 80 valence electrons. The van der Waals surface area contributed by atoms with Crippen molar-refractivity contribution in [3.8, 4) is 0 Å². The molecule has 0 radical (unpaired) electrons. The molecule has 0 unspecified atom stereocenters. The molecule has 1 nitrogen and oxygen atoms in total. The minimum absolute atomic E-state index is 0. The second-order valence-electron chi connectivity index (χ2n) is 3.93. The van der Waals surface area contributed by atoms with Crippen molar-refractivity contribution in [3.63, 3.8) is 0 Å². The van der Waals surface area contributed by atoms with Gasteiger partial charge in [0.25, 0.3) is 0 Å². The first kappa shape index (κ1) is 14.3. The summed E-state index contributed by atoms with van der Waals surface area (Å²) in [6, 6.07) is 0. The normalized spacial score (nSPS) is 22.2. The smallest absolute Gasteiger partial charge is 0 e. The quantitative estimate of drug-likeness (QED) is 0.721. The fraction of sp³-hybridized carbons (Fsp3) is 1.00. The Balaban J connectivity index is 0.00000144. The Morgan fingerprint density at radius 1 is 0.462 bits per heavy atom. The van der Waals surface area contributed by atoms with E-state index in [0.717, 1.165) is 0 Å². The van der Waals surface area contributed by atoms with Crippen molar-refractivity contribution in [1.29, 1.82) is 0 Å². The van der Waals surface area contributed by atoms with Crippen LogP contribution in [0.15, 0.2) is 0 Å². The summed E-state index contributed by atoms with van der Waals surface area (Å²) in [5.41, 5.74) is 0. The molecule has 0 aromatic rings. The molecule has 0 amide bonds. The average Bonchev–Trinajstić information content (AvgIpc) is 2.05. The average molecular weight is 327 g/mol. The molecule has 0 aromatic carbocycles. The van der Waals surface area contributed by atoms with Gasteiger partial charge in [-0.25, -0.2) is 0 Å². The molecule has 1 aliphatic rings. The fourth-order valence-corrected chi connectivity index (χ4v) is 1.86. The summed E-state index contributed by atoms with van der Waals surface area (Å²) in [5, 5.41) is 3.50. The summed E-state index contributed by atoms with van der Waals surface area (Å²) in [6.45, 7) is 2.50. The Bertz CT molecular complexity index is 53.1. The van der Waals surface area contributed by atoms with Crippen LogP contribution < -0.4 is 5.32 Å². The molecule has 0 spiro atoms. The van der Waals surface area contributed by atoms with Gasteiger partial charge in [0, 0.05) is 39.9 Å². The predicted molar refractivity (Wildman–Crippen MR) is 54.4 cm³/mol. The van der Waals surface area contributed by atoms with Crippen LogP contribution in [0.4, 0.5) is 0 Å². The second-order valence-corrected chi connectivity index (χ2v) is 3.93. The molecule has 0 atom stereocenters. The first-order chi connectivity index (χ1) is 6.00. The molecule has 0 saturated carbocycles. The Morgan fingerprint density at radius 3 is 1.15 bits per heavy atom. The van der Waals surface area contributed by atoms with Crippen molar-refractivity contribution in [2.24, 2.45) is 0 Å². The van der Waals surface area contributed by atoms with Crippen LogP contribution in [0.25, 0.3) is 0 Å². The van der Waals surface area contributed by atoms with E-state index in [1.165, 1.54) is 70.9 Å². The van der Waals surface area contributed by atoms with Gasteiger partial charge >= 0.3 is 0 Å². The van der Waals surface area contributed by atoms with Crippen LogP contribution in [-0.4, -0.2) is 13.1 Å². The van der Waals surface area contributed by atoms with E-state index in [1.807, 2.05) is 0 Å². The minimum Gasteiger partial charge on any atom is -0.317 e. The molecule has 2 heteroatoms. The summed E-state index contributed by atoms with van der Waals surface area (Å²) in [6.07, 6.45) is 13.0. The third-order valence-electron chi connectivity index (χ3n) is 2.71. The van der Waals surface area contributed by atoms with Crippen LogP contribution in [0.1, 0.15) is 57.8 Å². The molecule has 0 bridgehead atoms. The fourth-order valence-electron chi connectivity index (χ4n) is 1.86. The van der Waals surface area contributed by atoms with Crippen LogP contribution in [0.2, 0.25) is 0 Å². The summed E-state index contributed by atoms with van der Waals surface area (Å²) in [5.74, 6) is 0. The maximum Gasteiger partial charge on any atom is 0 e. The predicted octanol–water partition coefficient (Wildman–Crippen LogP) is 3.10. The van der Waals surface area contributed by atoms with Gasteiger partial charge in [0.2, 0.25) is 0 Å². The van der Waals surface area contributed by atoms with E-state index in [0.29, 0.717) is 0 Å². The van der Waals surface area contributed by atoms with Gasteiger partial charge in [0.15, 0.2) is 0 Å². The number of nitrogens with one attached hydrogen (secondary N) is 1. The van der Waals surface area contributed by atoms with E-state index in [-0.39, 0.29) is 39.9 Å². The zero-order valence-electron chi connectivity index (χ0n) is 8.63. The van der Waals surface area contributed by atoms with Gasteiger partial charge in [-0.2, -0.15) is 0 Å². The van der Waals surface area contributed by atoms with Crippen molar-refractivity contribution >= 4 is 0 Å². The molecule has 1 aliphatic heterocycles. The van der Waals surface area contributed by atoms with E-state index < -0.39 is 0 Å². The minimum atomic E-state index is 0. The molecule has 1 N–H and O–H groups in total. The van der Waals surface area contributed by atoms with Gasteiger partial charge in [-0.05, 0) is 25.9 Å². The van der Waals surface area contributed by atoms with E-state index in [9.17, 15) is 0 Å². The third kappa shape index (κ3) is 9.59. The topological polar surface area (TPSA) is 12.0 Å². The van der Waals surface area contributed by atoms with Crippen LogP contribution in [-0.2, 0) is 0 Å². The number of hydrogen-bond donors (Lipinski definition) is 1. The van der Waals surface area contributed by atoms with Gasteiger partial charge in [0.1, 0.15) is 0 Å². The van der Waals surface area contributed by atoms with Crippen LogP contribution in [0, 0.1) is 39.9 Å². The second kappa shape index (κ2) is 11.4. The molecular formula is C11H23GdN. The Morgan fingerprint density at radius 2 is 0.769 bits per heavy atom. The van der Waals surface area contributed by atoms with Crippen molar-refractivity contribution in [2.45, 2.75) is 57.8 Å². The summed E-state index contributed by atoms with van der Waals surface area (Å²) >= 11 is 0. The largest absolute Gasteiger partial charge is 0.317 e. The SMILES string of the molecule is C1CCCCCNCCCCC1.[Gd]. The summed E-state index contributed by atoms with van der Waals surface area (Å²) < 4.78 is 0. The first-order valence-electron chi connectivity index (χ1n) is 5.71. The number of hydrogen-bond acceptors (Lipinski definition) is 1. The van der Waals surface area contributed by atoms with Crippen LogP contribution >= 0.6 is 0 Å². The van der Waals surface area contributed by atoms with E-state index >= 15 is 0 Å². The molecule has 0 aromatic heterocycles. The standard InChI is InChI=1S/C11H23N.Gd/c1-2-4-6-8-10-12-11-9-7-5-3-1;/h12H,1-11H2;. The molecule has 1 rings (SSSR count). The Kier molecular flexibility index (Phi) is 12.5. The van der Waals surface area contributed by atoms with Crippen molar-refractivity contribution in [3.05, 3.63) is 0 Å². The zero-order valence-corrected chi connectivity index (χ0v) is 10.9. The molecule has 1 saturated heterocycles. The van der Waals surface area contributed by atoms with Crippen LogP contribution in [0.3, 0.4) is 0 Å². The Labute approximate surface area is 115 Å². The maximum absolute atomic E-state index is 3.50.